The summed E-state index contributed by atoms with van der Waals surface area (Å²) in [6, 6.07) is 9.57. The minimum atomic E-state index is -1.09. The number of rotatable bonds is 6. The SMILES string of the molecule is O=c1[nH]c(/C=C\c2cc(Br)c(OCc3ccccc3F)c(Br)c2)c([N+](=O)[O-])c(=O)[nH]1. The van der Waals surface area contributed by atoms with Crippen molar-refractivity contribution < 1.29 is 14.1 Å². The first-order chi connectivity index (χ1) is 14.3. The van der Waals surface area contributed by atoms with Gasteiger partial charge in [0.25, 0.3) is 0 Å². The Bertz CT molecular complexity index is 1250. The number of nitro groups is 1. The second-order valence-electron chi connectivity index (χ2n) is 5.95. The molecule has 0 spiro atoms. The van der Waals surface area contributed by atoms with Gasteiger partial charge < -0.3 is 9.72 Å². The maximum Gasteiger partial charge on any atom is 0.357 e. The van der Waals surface area contributed by atoms with Crippen molar-refractivity contribution in [1.82, 2.24) is 9.97 Å². The Hall–Kier alpha value is -3.05. The van der Waals surface area contributed by atoms with Crippen LogP contribution in [0.25, 0.3) is 12.2 Å². The highest BCUT2D eigenvalue weighted by Gasteiger charge is 2.19. The van der Waals surface area contributed by atoms with Crippen molar-refractivity contribution in [3.8, 4) is 5.75 Å². The number of benzene rings is 2. The number of halogens is 3. The lowest BCUT2D eigenvalue weighted by atomic mass is 10.2. The minimum Gasteiger partial charge on any atom is -0.486 e. The van der Waals surface area contributed by atoms with Gasteiger partial charge in [-0.2, -0.15) is 0 Å². The average Bonchev–Trinajstić information content (AvgIpc) is 2.66. The van der Waals surface area contributed by atoms with Gasteiger partial charge in [0.1, 0.15) is 23.9 Å². The minimum absolute atomic E-state index is 0.0132. The lowest BCUT2D eigenvalue weighted by Gasteiger charge is -2.12. The zero-order valence-corrected chi connectivity index (χ0v) is 18.1. The zero-order valence-electron chi connectivity index (χ0n) is 14.9. The third kappa shape index (κ3) is 4.92. The van der Waals surface area contributed by atoms with Crippen LogP contribution in [0.2, 0.25) is 0 Å². The van der Waals surface area contributed by atoms with Crippen molar-refractivity contribution in [3.05, 3.63) is 98.9 Å². The van der Waals surface area contributed by atoms with Crippen molar-refractivity contribution in [3.63, 3.8) is 0 Å². The Morgan fingerprint density at radius 2 is 1.77 bits per heavy atom. The maximum atomic E-state index is 13.8. The molecule has 8 nitrogen and oxygen atoms in total. The molecule has 3 aromatic rings. The number of nitrogens with zero attached hydrogens (tertiary/aromatic N) is 1. The molecule has 0 amide bonds. The second-order valence-corrected chi connectivity index (χ2v) is 7.66. The number of nitrogens with one attached hydrogen (secondary N) is 2. The summed E-state index contributed by atoms with van der Waals surface area (Å²) in [6.07, 6.45) is 2.73. The van der Waals surface area contributed by atoms with E-state index in [1.807, 2.05) is 4.98 Å². The fourth-order valence-electron chi connectivity index (χ4n) is 2.56. The molecular weight excluding hydrogens is 529 g/mol. The van der Waals surface area contributed by atoms with E-state index in [9.17, 15) is 24.1 Å². The van der Waals surface area contributed by atoms with Crippen LogP contribution in [0.3, 0.4) is 0 Å². The number of hydrogen-bond donors (Lipinski definition) is 2. The Morgan fingerprint density at radius 3 is 2.40 bits per heavy atom. The van der Waals surface area contributed by atoms with E-state index < -0.39 is 21.9 Å². The van der Waals surface area contributed by atoms with Crippen LogP contribution >= 0.6 is 31.9 Å². The first-order valence-corrected chi connectivity index (χ1v) is 9.89. The van der Waals surface area contributed by atoms with Gasteiger partial charge in [0.2, 0.25) is 0 Å². The predicted octanol–water partition coefficient (Wildman–Crippen LogP) is 4.38. The molecule has 0 saturated carbocycles. The highest BCUT2D eigenvalue weighted by Crippen LogP contribution is 2.36. The van der Waals surface area contributed by atoms with Crippen molar-refractivity contribution in [2.24, 2.45) is 0 Å². The molecule has 0 bridgehead atoms. The van der Waals surface area contributed by atoms with E-state index in [4.69, 9.17) is 4.74 Å². The molecule has 3 rings (SSSR count). The van der Waals surface area contributed by atoms with E-state index >= 15 is 0 Å². The highest BCUT2D eigenvalue weighted by molar-refractivity contribution is 9.11. The van der Waals surface area contributed by atoms with Crippen LogP contribution in [0.5, 0.6) is 5.75 Å². The molecule has 30 heavy (non-hydrogen) atoms. The molecule has 0 aliphatic heterocycles. The molecule has 0 aliphatic carbocycles. The second kappa shape index (κ2) is 9.18. The number of aromatic amines is 2. The fourth-order valence-corrected chi connectivity index (χ4v) is 4.01. The molecular formula is C19H12Br2FN3O5. The molecule has 0 aliphatic rings. The highest BCUT2D eigenvalue weighted by atomic mass is 79.9. The summed E-state index contributed by atoms with van der Waals surface area (Å²) < 4.78 is 20.5. The third-order valence-corrected chi connectivity index (χ3v) is 5.10. The van der Waals surface area contributed by atoms with Gasteiger partial charge in [-0.05, 0) is 61.7 Å². The van der Waals surface area contributed by atoms with Crippen molar-refractivity contribution in [2.45, 2.75) is 6.61 Å². The average molecular weight is 541 g/mol. The monoisotopic (exact) mass is 539 g/mol. The van der Waals surface area contributed by atoms with Gasteiger partial charge in [-0.3, -0.25) is 19.9 Å². The van der Waals surface area contributed by atoms with Crippen molar-refractivity contribution in [1.29, 1.82) is 0 Å². The molecule has 0 atom stereocenters. The summed E-state index contributed by atoms with van der Waals surface area (Å²) >= 11 is 6.75. The molecule has 0 unspecified atom stereocenters. The summed E-state index contributed by atoms with van der Waals surface area (Å²) in [5.41, 5.74) is -1.98. The van der Waals surface area contributed by atoms with E-state index in [-0.39, 0.29) is 18.1 Å². The van der Waals surface area contributed by atoms with Gasteiger partial charge in [0.05, 0.1) is 13.9 Å². The molecule has 0 radical (unpaired) electrons. The lowest BCUT2D eigenvalue weighted by molar-refractivity contribution is -0.386. The number of hydrogen-bond acceptors (Lipinski definition) is 5. The van der Waals surface area contributed by atoms with E-state index in [1.165, 1.54) is 18.2 Å². The topological polar surface area (TPSA) is 118 Å². The Labute approximate surface area is 184 Å². The van der Waals surface area contributed by atoms with E-state index in [0.717, 1.165) is 0 Å². The van der Waals surface area contributed by atoms with E-state index in [0.29, 0.717) is 25.8 Å². The van der Waals surface area contributed by atoms with Gasteiger partial charge >= 0.3 is 16.9 Å². The van der Waals surface area contributed by atoms with Crippen LogP contribution < -0.4 is 16.0 Å². The van der Waals surface area contributed by atoms with E-state index in [1.54, 1.807) is 30.3 Å². The molecule has 0 saturated heterocycles. The van der Waals surface area contributed by atoms with Crippen molar-refractivity contribution >= 4 is 49.7 Å². The Kier molecular flexibility index (Phi) is 6.63. The predicted molar refractivity (Wildman–Crippen MR) is 116 cm³/mol. The molecule has 2 aromatic carbocycles. The molecule has 1 heterocycles. The van der Waals surface area contributed by atoms with Gasteiger partial charge in [0.15, 0.2) is 0 Å². The summed E-state index contributed by atoms with van der Waals surface area (Å²) in [5.74, 6) is 0.0590. The quantitative estimate of drug-likeness (QED) is 0.355. The maximum absolute atomic E-state index is 13.8. The van der Waals surface area contributed by atoms with Crippen LogP contribution in [0.15, 0.2) is 54.9 Å². The van der Waals surface area contributed by atoms with E-state index in [2.05, 4.69) is 36.8 Å². The van der Waals surface area contributed by atoms with Gasteiger partial charge in [-0.25, -0.2) is 9.18 Å². The number of aromatic nitrogens is 2. The summed E-state index contributed by atoms with van der Waals surface area (Å²) in [4.78, 5) is 37.4. The van der Waals surface area contributed by atoms with Crippen LogP contribution in [-0.2, 0) is 6.61 Å². The number of ether oxygens (including phenoxy) is 1. The van der Waals surface area contributed by atoms with Crippen LogP contribution in [0, 0.1) is 15.9 Å². The standard InChI is InChI=1S/C19H12Br2FN3O5/c20-12-7-10(5-6-15-16(25(28)29)18(26)24-19(27)23-15)8-13(21)17(12)30-9-11-3-1-2-4-14(11)22/h1-8H,9H2,(H2,23,24,26,27)/b6-5-. The molecule has 1 aromatic heterocycles. The molecule has 2 N–H and O–H groups in total. The smallest absolute Gasteiger partial charge is 0.357 e. The largest absolute Gasteiger partial charge is 0.486 e. The Morgan fingerprint density at radius 1 is 1.10 bits per heavy atom. The van der Waals surface area contributed by atoms with Crippen molar-refractivity contribution in [2.75, 3.05) is 0 Å². The molecule has 0 fully saturated rings. The number of H-pyrrole nitrogens is 2. The molecule has 154 valence electrons. The first kappa shape index (κ1) is 21.7. The van der Waals surface area contributed by atoms with Gasteiger partial charge in [-0.1, -0.05) is 24.3 Å². The summed E-state index contributed by atoms with van der Waals surface area (Å²) in [6.45, 7) is 0.0132. The fraction of sp³-hybridized carbons (Fsp3) is 0.0526. The zero-order chi connectivity index (χ0) is 21.8. The lowest BCUT2D eigenvalue weighted by Crippen LogP contribution is -2.25. The van der Waals surface area contributed by atoms with Crippen LogP contribution in [-0.4, -0.2) is 14.9 Å². The first-order valence-electron chi connectivity index (χ1n) is 8.30. The van der Waals surface area contributed by atoms with Gasteiger partial charge in [0, 0.05) is 5.56 Å². The normalized spacial score (nSPS) is 11.0. The molecule has 11 heteroatoms. The third-order valence-electron chi connectivity index (χ3n) is 3.92. The van der Waals surface area contributed by atoms with Crippen LogP contribution in [0.1, 0.15) is 16.8 Å². The summed E-state index contributed by atoms with van der Waals surface area (Å²) in [5, 5.41) is 11.1. The van der Waals surface area contributed by atoms with Crippen LogP contribution in [0.4, 0.5) is 10.1 Å². The Balaban J connectivity index is 1.88. The van der Waals surface area contributed by atoms with Gasteiger partial charge in [-0.15, -0.1) is 0 Å². The summed E-state index contributed by atoms with van der Waals surface area (Å²) in [7, 11) is 0.